The average molecular weight is 421 g/mol. The third-order valence-corrected chi connectivity index (χ3v) is 7.15. The molecule has 6 heteroatoms. The highest BCUT2D eigenvalue weighted by molar-refractivity contribution is 5.94. The Labute approximate surface area is 184 Å². The van der Waals surface area contributed by atoms with Crippen LogP contribution in [0.1, 0.15) is 52.7 Å². The summed E-state index contributed by atoms with van der Waals surface area (Å²) in [6, 6.07) is 11.2. The van der Waals surface area contributed by atoms with E-state index in [0.717, 1.165) is 49.8 Å². The van der Waals surface area contributed by atoms with E-state index in [1.807, 2.05) is 17.0 Å². The summed E-state index contributed by atoms with van der Waals surface area (Å²) in [4.78, 5) is 21.7. The SMILES string of the molecule is O=C(NCc1ccc2c(c1)CCN(C1CCC1)CC2)c1ccc(N2CCC(O)C2)nc1. The third-order valence-electron chi connectivity index (χ3n) is 7.15. The van der Waals surface area contributed by atoms with Gasteiger partial charge >= 0.3 is 0 Å². The lowest BCUT2D eigenvalue weighted by atomic mass is 9.91. The molecule has 31 heavy (non-hydrogen) atoms. The molecule has 2 fully saturated rings. The summed E-state index contributed by atoms with van der Waals surface area (Å²) in [7, 11) is 0. The van der Waals surface area contributed by atoms with Crippen LogP contribution in [-0.4, -0.2) is 59.2 Å². The molecule has 1 aromatic carbocycles. The van der Waals surface area contributed by atoms with Crippen LogP contribution in [0, 0.1) is 0 Å². The number of carbonyl (C=O) groups is 1. The van der Waals surface area contributed by atoms with Gasteiger partial charge in [0.25, 0.3) is 5.91 Å². The summed E-state index contributed by atoms with van der Waals surface area (Å²) >= 11 is 0. The molecule has 5 rings (SSSR count). The molecule has 2 N–H and O–H groups in total. The maximum atomic E-state index is 12.6. The molecular formula is C25H32N4O2. The molecule has 1 amide bonds. The molecule has 1 unspecified atom stereocenters. The van der Waals surface area contributed by atoms with Crippen LogP contribution in [0.15, 0.2) is 36.5 Å². The Hall–Kier alpha value is -2.44. The maximum absolute atomic E-state index is 12.6. The number of aliphatic hydroxyl groups excluding tert-OH is 1. The van der Waals surface area contributed by atoms with Gasteiger partial charge in [-0.15, -0.1) is 0 Å². The number of hydrogen-bond acceptors (Lipinski definition) is 5. The summed E-state index contributed by atoms with van der Waals surface area (Å²) < 4.78 is 0. The van der Waals surface area contributed by atoms with Gasteiger partial charge in [-0.1, -0.05) is 24.6 Å². The Morgan fingerprint density at radius 1 is 1.06 bits per heavy atom. The number of pyridine rings is 1. The van der Waals surface area contributed by atoms with Crippen LogP contribution in [0.4, 0.5) is 5.82 Å². The first-order chi connectivity index (χ1) is 15.2. The van der Waals surface area contributed by atoms with Crippen molar-refractivity contribution in [1.82, 2.24) is 15.2 Å². The fourth-order valence-electron chi connectivity index (χ4n) is 4.96. The highest BCUT2D eigenvalue weighted by atomic mass is 16.3. The molecule has 1 atom stereocenters. The van der Waals surface area contributed by atoms with Crippen LogP contribution in [0.5, 0.6) is 0 Å². The van der Waals surface area contributed by atoms with E-state index in [4.69, 9.17) is 0 Å². The zero-order valence-corrected chi connectivity index (χ0v) is 18.1. The summed E-state index contributed by atoms with van der Waals surface area (Å²) in [5, 5.41) is 12.7. The van der Waals surface area contributed by atoms with Gasteiger partial charge < -0.3 is 15.3 Å². The molecule has 1 aliphatic carbocycles. The molecule has 1 saturated carbocycles. The van der Waals surface area contributed by atoms with Crippen molar-refractivity contribution in [2.75, 3.05) is 31.1 Å². The van der Waals surface area contributed by atoms with Gasteiger partial charge in [0.1, 0.15) is 5.82 Å². The molecule has 0 bridgehead atoms. The first-order valence-corrected chi connectivity index (χ1v) is 11.7. The number of fused-ring (bicyclic) bond motifs is 1. The van der Waals surface area contributed by atoms with Gasteiger partial charge in [0.05, 0.1) is 11.7 Å². The highest BCUT2D eigenvalue weighted by Gasteiger charge is 2.26. The van der Waals surface area contributed by atoms with Crippen molar-refractivity contribution in [1.29, 1.82) is 0 Å². The molecule has 3 heterocycles. The van der Waals surface area contributed by atoms with E-state index in [1.165, 1.54) is 36.9 Å². The summed E-state index contributed by atoms with van der Waals surface area (Å²) in [5.41, 5.74) is 4.62. The average Bonchev–Trinajstić information content (AvgIpc) is 3.09. The van der Waals surface area contributed by atoms with E-state index >= 15 is 0 Å². The molecule has 0 radical (unpaired) electrons. The summed E-state index contributed by atoms with van der Waals surface area (Å²) in [6.45, 7) is 4.26. The van der Waals surface area contributed by atoms with Crippen molar-refractivity contribution in [3.63, 3.8) is 0 Å². The standard InChI is InChI=1S/C25H32N4O2/c30-23-10-13-29(17-23)24-7-6-21(16-26-24)25(31)27-15-18-4-5-19-8-11-28(22-2-1-3-22)12-9-20(19)14-18/h4-7,14,16,22-23,30H,1-3,8-13,15,17H2,(H,27,31). The van der Waals surface area contributed by atoms with Crippen LogP contribution in [0.25, 0.3) is 0 Å². The zero-order valence-electron chi connectivity index (χ0n) is 18.1. The minimum Gasteiger partial charge on any atom is -0.391 e. The predicted molar refractivity (Wildman–Crippen MR) is 121 cm³/mol. The number of rotatable bonds is 5. The largest absolute Gasteiger partial charge is 0.391 e. The van der Waals surface area contributed by atoms with E-state index in [1.54, 1.807) is 6.20 Å². The second-order valence-corrected chi connectivity index (χ2v) is 9.20. The molecule has 6 nitrogen and oxygen atoms in total. The predicted octanol–water partition coefficient (Wildman–Crippen LogP) is 2.54. The number of benzene rings is 1. The third kappa shape index (κ3) is 4.60. The molecule has 3 aliphatic rings. The summed E-state index contributed by atoms with van der Waals surface area (Å²) in [5.74, 6) is 0.710. The van der Waals surface area contributed by atoms with Crippen LogP contribution in [0.3, 0.4) is 0 Å². The number of carbonyl (C=O) groups excluding carboxylic acids is 1. The van der Waals surface area contributed by atoms with E-state index in [0.29, 0.717) is 18.7 Å². The molecule has 0 spiro atoms. The fraction of sp³-hybridized carbons (Fsp3) is 0.520. The van der Waals surface area contributed by atoms with Crippen LogP contribution < -0.4 is 10.2 Å². The topological polar surface area (TPSA) is 68.7 Å². The number of nitrogens with zero attached hydrogens (tertiary/aromatic N) is 3. The Bertz CT molecular complexity index is 926. The number of β-amino-alcohol motifs (C(OH)–C–C–N with tert-alkyl or cyclic N) is 1. The monoisotopic (exact) mass is 420 g/mol. The van der Waals surface area contributed by atoms with Gasteiger partial charge in [-0.25, -0.2) is 4.98 Å². The minimum absolute atomic E-state index is 0.105. The van der Waals surface area contributed by atoms with Crippen molar-refractivity contribution in [3.05, 3.63) is 58.8 Å². The van der Waals surface area contributed by atoms with Gasteiger partial charge in [-0.2, -0.15) is 0 Å². The van der Waals surface area contributed by atoms with E-state index in [-0.39, 0.29) is 12.0 Å². The first-order valence-electron chi connectivity index (χ1n) is 11.7. The number of amides is 1. The van der Waals surface area contributed by atoms with Gasteiger partial charge in [0.15, 0.2) is 0 Å². The normalized spacial score (nSPS) is 22.0. The van der Waals surface area contributed by atoms with Gasteiger partial charge in [0, 0.05) is 45.0 Å². The smallest absolute Gasteiger partial charge is 0.253 e. The van der Waals surface area contributed by atoms with E-state index < -0.39 is 0 Å². The van der Waals surface area contributed by atoms with Crippen molar-refractivity contribution >= 4 is 11.7 Å². The van der Waals surface area contributed by atoms with Gasteiger partial charge in [0.2, 0.25) is 0 Å². The van der Waals surface area contributed by atoms with Crippen LogP contribution in [-0.2, 0) is 19.4 Å². The number of hydrogen-bond donors (Lipinski definition) is 2. The molecule has 1 saturated heterocycles. The quantitative estimate of drug-likeness (QED) is 0.778. The fourth-order valence-corrected chi connectivity index (χ4v) is 4.96. The van der Waals surface area contributed by atoms with E-state index in [9.17, 15) is 9.90 Å². The minimum atomic E-state index is -0.285. The van der Waals surface area contributed by atoms with Crippen molar-refractivity contribution < 1.29 is 9.90 Å². The molecule has 1 aromatic heterocycles. The first kappa shape index (κ1) is 20.5. The zero-order chi connectivity index (χ0) is 21.2. The number of aromatic nitrogens is 1. The Balaban J connectivity index is 1.17. The highest BCUT2D eigenvalue weighted by Crippen LogP contribution is 2.27. The Morgan fingerprint density at radius 3 is 2.58 bits per heavy atom. The number of nitrogens with one attached hydrogen (secondary N) is 1. The van der Waals surface area contributed by atoms with Crippen molar-refractivity contribution in [2.45, 2.75) is 57.2 Å². The lowest BCUT2D eigenvalue weighted by Gasteiger charge is -2.36. The van der Waals surface area contributed by atoms with Gasteiger partial charge in [-0.05, 0) is 60.9 Å². The lowest BCUT2D eigenvalue weighted by molar-refractivity contribution is 0.0950. The van der Waals surface area contributed by atoms with Gasteiger partial charge in [-0.3, -0.25) is 9.69 Å². The second kappa shape index (κ2) is 8.97. The summed E-state index contributed by atoms with van der Waals surface area (Å²) in [6.07, 6.45) is 8.45. The molecule has 164 valence electrons. The van der Waals surface area contributed by atoms with Crippen molar-refractivity contribution in [2.24, 2.45) is 0 Å². The Morgan fingerprint density at radius 2 is 1.90 bits per heavy atom. The molecular weight excluding hydrogens is 388 g/mol. The molecule has 2 aliphatic heterocycles. The maximum Gasteiger partial charge on any atom is 0.253 e. The lowest BCUT2D eigenvalue weighted by Crippen LogP contribution is -2.41. The number of aliphatic hydroxyl groups is 1. The number of anilines is 1. The molecule has 2 aromatic rings. The van der Waals surface area contributed by atoms with E-state index in [2.05, 4.69) is 33.4 Å². The van der Waals surface area contributed by atoms with Crippen LogP contribution in [0.2, 0.25) is 0 Å². The van der Waals surface area contributed by atoms with Crippen LogP contribution >= 0.6 is 0 Å². The van der Waals surface area contributed by atoms with Crippen molar-refractivity contribution in [3.8, 4) is 0 Å². The second-order valence-electron chi connectivity index (χ2n) is 9.20. The Kier molecular flexibility index (Phi) is 5.92.